The monoisotopic (exact) mass is 446 g/mol. The third kappa shape index (κ3) is 5.34. The van der Waals surface area contributed by atoms with E-state index in [4.69, 9.17) is 21.3 Å². The van der Waals surface area contributed by atoms with Crippen LogP contribution < -0.4 is 4.74 Å². The number of hydrogen-bond donors (Lipinski definition) is 0. The summed E-state index contributed by atoms with van der Waals surface area (Å²) < 4.78 is 8.26. The Hall–Kier alpha value is -2.78. The van der Waals surface area contributed by atoms with E-state index in [1.165, 1.54) is 16.6 Å². The van der Waals surface area contributed by atoms with Gasteiger partial charge in [-0.05, 0) is 66.3 Å². The zero-order valence-corrected chi connectivity index (χ0v) is 19.8. The summed E-state index contributed by atoms with van der Waals surface area (Å²) >= 11 is 5.96. The lowest BCUT2D eigenvalue weighted by molar-refractivity contribution is 0.301. The van der Waals surface area contributed by atoms with Gasteiger partial charge in [0.2, 0.25) is 0 Å². The van der Waals surface area contributed by atoms with Crippen LogP contribution in [-0.4, -0.2) is 16.2 Å². The summed E-state index contributed by atoms with van der Waals surface area (Å²) in [7, 11) is 0. The van der Waals surface area contributed by atoms with Gasteiger partial charge >= 0.3 is 0 Å². The van der Waals surface area contributed by atoms with Crippen molar-refractivity contribution in [2.45, 2.75) is 46.1 Å². The van der Waals surface area contributed by atoms with Crippen molar-refractivity contribution in [2.75, 3.05) is 6.61 Å². The average molecular weight is 447 g/mol. The fourth-order valence-corrected chi connectivity index (χ4v) is 4.29. The van der Waals surface area contributed by atoms with Crippen molar-refractivity contribution in [1.82, 2.24) is 9.55 Å². The van der Waals surface area contributed by atoms with Gasteiger partial charge in [-0.2, -0.15) is 0 Å². The molecular weight excluding hydrogens is 416 g/mol. The van der Waals surface area contributed by atoms with E-state index in [9.17, 15) is 0 Å². The third-order valence-corrected chi connectivity index (χ3v) is 6.06. The Morgan fingerprint density at radius 3 is 2.34 bits per heavy atom. The molecule has 0 radical (unpaired) electrons. The van der Waals surface area contributed by atoms with E-state index in [-0.39, 0.29) is 5.92 Å². The summed E-state index contributed by atoms with van der Waals surface area (Å²) in [5.41, 5.74) is 4.91. The maximum atomic E-state index is 5.96. The third-order valence-electron chi connectivity index (χ3n) is 5.80. The summed E-state index contributed by atoms with van der Waals surface area (Å²) in [6.07, 6.45) is 2.01. The Morgan fingerprint density at radius 2 is 1.62 bits per heavy atom. The molecule has 1 atom stereocenters. The molecule has 166 valence electrons. The van der Waals surface area contributed by atoms with Gasteiger partial charge in [-0.1, -0.05) is 68.8 Å². The second-order valence-corrected chi connectivity index (χ2v) is 9.26. The molecule has 0 N–H and O–H groups in total. The predicted molar refractivity (Wildman–Crippen MR) is 134 cm³/mol. The van der Waals surface area contributed by atoms with Crippen molar-refractivity contribution < 1.29 is 4.74 Å². The molecule has 0 saturated carbocycles. The van der Waals surface area contributed by atoms with Crippen molar-refractivity contribution >= 4 is 22.6 Å². The molecule has 32 heavy (non-hydrogen) atoms. The first-order valence-electron chi connectivity index (χ1n) is 11.4. The summed E-state index contributed by atoms with van der Waals surface area (Å²) in [4.78, 5) is 5.01. The van der Waals surface area contributed by atoms with Crippen LogP contribution in [0, 0.1) is 5.92 Å². The van der Waals surface area contributed by atoms with Crippen LogP contribution in [0.5, 0.6) is 5.75 Å². The number of imidazole rings is 1. The molecule has 0 saturated heterocycles. The van der Waals surface area contributed by atoms with Crippen molar-refractivity contribution in [1.29, 1.82) is 0 Å². The zero-order valence-electron chi connectivity index (χ0n) is 19.1. The van der Waals surface area contributed by atoms with Crippen LogP contribution in [0.15, 0.2) is 72.8 Å². The molecule has 0 aliphatic heterocycles. The topological polar surface area (TPSA) is 27.1 Å². The Balaban J connectivity index is 1.51. The summed E-state index contributed by atoms with van der Waals surface area (Å²) in [5.74, 6) is 2.83. The van der Waals surface area contributed by atoms with Crippen LogP contribution >= 0.6 is 11.6 Å². The molecule has 4 aromatic rings. The van der Waals surface area contributed by atoms with Crippen LogP contribution in [0.1, 0.15) is 50.1 Å². The molecule has 1 aromatic heterocycles. The maximum Gasteiger partial charge on any atom is 0.119 e. The standard InChI is InChI=1S/C28H31ClN2O/c1-20(2)19-22-9-11-23(12-10-22)21(3)28-30-26-7-4-5-8-27(26)31(28)17-6-18-32-25-15-13-24(29)14-16-25/h4-5,7-16,20-21H,6,17-19H2,1-3H3/t21-/m1/s1. The number of aryl methyl sites for hydroxylation is 1. The average Bonchev–Trinajstić information content (AvgIpc) is 3.16. The summed E-state index contributed by atoms with van der Waals surface area (Å²) in [6.45, 7) is 8.27. The van der Waals surface area contributed by atoms with Gasteiger partial charge in [-0.25, -0.2) is 4.98 Å². The molecule has 0 unspecified atom stereocenters. The molecule has 3 nitrogen and oxygen atoms in total. The molecule has 4 heteroatoms. The van der Waals surface area contributed by atoms with Gasteiger partial charge in [-0.3, -0.25) is 0 Å². The second kappa shape index (κ2) is 10.2. The number of ether oxygens (including phenoxy) is 1. The highest BCUT2D eigenvalue weighted by Gasteiger charge is 2.18. The van der Waals surface area contributed by atoms with Crippen molar-refractivity contribution in [2.24, 2.45) is 5.92 Å². The Bertz CT molecular complexity index is 1150. The van der Waals surface area contributed by atoms with Crippen LogP contribution in [0.3, 0.4) is 0 Å². The van der Waals surface area contributed by atoms with E-state index in [0.29, 0.717) is 12.5 Å². The first-order valence-corrected chi connectivity index (χ1v) is 11.8. The summed E-state index contributed by atoms with van der Waals surface area (Å²) in [6, 6.07) is 25.0. The molecule has 1 heterocycles. The maximum absolute atomic E-state index is 5.96. The molecule has 0 spiro atoms. The van der Waals surface area contributed by atoms with Crippen molar-refractivity contribution in [3.8, 4) is 5.75 Å². The number of halogens is 1. The van der Waals surface area contributed by atoms with Gasteiger partial charge in [0, 0.05) is 17.5 Å². The van der Waals surface area contributed by atoms with Crippen molar-refractivity contribution in [3.63, 3.8) is 0 Å². The van der Waals surface area contributed by atoms with Crippen LogP contribution in [0.2, 0.25) is 5.02 Å². The van der Waals surface area contributed by atoms with Gasteiger partial charge in [0.15, 0.2) is 0 Å². The molecule has 0 bridgehead atoms. The highest BCUT2D eigenvalue weighted by molar-refractivity contribution is 6.30. The molecule has 0 fully saturated rings. The lowest BCUT2D eigenvalue weighted by Crippen LogP contribution is -2.11. The van der Waals surface area contributed by atoms with Gasteiger partial charge in [-0.15, -0.1) is 0 Å². The first kappa shape index (κ1) is 22.4. The van der Waals surface area contributed by atoms with E-state index in [2.05, 4.69) is 73.9 Å². The number of hydrogen-bond acceptors (Lipinski definition) is 2. The zero-order chi connectivity index (χ0) is 22.5. The Kier molecular flexibility index (Phi) is 7.16. The van der Waals surface area contributed by atoms with Gasteiger partial charge < -0.3 is 9.30 Å². The number of benzene rings is 3. The van der Waals surface area contributed by atoms with Crippen LogP contribution in [0.4, 0.5) is 0 Å². The van der Waals surface area contributed by atoms with E-state index in [1.54, 1.807) is 0 Å². The molecule has 4 rings (SSSR count). The number of fused-ring (bicyclic) bond motifs is 1. The van der Waals surface area contributed by atoms with E-state index >= 15 is 0 Å². The van der Waals surface area contributed by atoms with Crippen molar-refractivity contribution in [3.05, 3.63) is 94.8 Å². The fourth-order valence-electron chi connectivity index (χ4n) is 4.17. The lowest BCUT2D eigenvalue weighted by Gasteiger charge is -2.16. The van der Waals surface area contributed by atoms with Gasteiger partial charge in [0.25, 0.3) is 0 Å². The molecule has 0 amide bonds. The highest BCUT2D eigenvalue weighted by Crippen LogP contribution is 2.28. The molecule has 0 aliphatic rings. The predicted octanol–water partition coefficient (Wildman–Crippen LogP) is 7.51. The lowest BCUT2D eigenvalue weighted by atomic mass is 9.96. The quantitative estimate of drug-likeness (QED) is 0.249. The van der Waals surface area contributed by atoms with Crippen LogP contribution in [0.25, 0.3) is 11.0 Å². The minimum Gasteiger partial charge on any atom is -0.494 e. The molecular formula is C28H31ClN2O. The minimum atomic E-state index is 0.215. The normalized spacial score (nSPS) is 12.4. The summed E-state index contributed by atoms with van der Waals surface area (Å²) in [5, 5.41) is 0.720. The SMILES string of the molecule is CC(C)Cc1ccc([C@@H](C)c2nc3ccccc3n2CCCOc2ccc(Cl)cc2)cc1. The first-order chi connectivity index (χ1) is 15.5. The Labute approximate surface area is 196 Å². The highest BCUT2D eigenvalue weighted by atomic mass is 35.5. The van der Waals surface area contributed by atoms with Crippen LogP contribution in [-0.2, 0) is 13.0 Å². The second-order valence-electron chi connectivity index (χ2n) is 8.83. The minimum absolute atomic E-state index is 0.215. The largest absolute Gasteiger partial charge is 0.494 e. The number of para-hydroxylation sites is 2. The fraction of sp³-hybridized carbons (Fsp3) is 0.321. The Morgan fingerprint density at radius 1 is 0.906 bits per heavy atom. The van der Waals surface area contributed by atoms with Gasteiger partial charge in [0.05, 0.1) is 17.6 Å². The smallest absolute Gasteiger partial charge is 0.119 e. The van der Waals surface area contributed by atoms with Gasteiger partial charge in [0.1, 0.15) is 11.6 Å². The number of aromatic nitrogens is 2. The number of nitrogens with zero attached hydrogens (tertiary/aromatic N) is 2. The molecule has 3 aromatic carbocycles. The van der Waals surface area contributed by atoms with E-state index in [0.717, 1.165) is 41.5 Å². The molecule has 0 aliphatic carbocycles. The van der Waals surface area contributed by atoms with E-state index in [1.807, 2.05) is 24.3 Å². The number of rotatable bonds is 9. The van der Waals surface area contributed by atoms with E-state index < -0.39 is 0 Å².